The highest BCUT2D eigenvalue weighted by Gasteiger charge is 2.35. The van der Waals surface area contributed by atoms with E-state index < -0.39 is 39.7 Å². The standard InChI is InChI=1S/C21H15F4N3O3S/c22-15-2-1-3-16(11-15)26-20(29)13-6-4-12(5-7-13)19-27-17-10-14(21(23,24)25)8-9-18(17)32(30,31)28-19/h1-11,19,27-28H,(H,26,29)/t19-/m0/s1. The summed E-state index contributed by atoms with van der Waals surface area (Å²) in [6.07, 6.45) is -5.67. The van der Waals surface area contributed by atoms with Crippen molar-refractivity contribution in [3.63, 3.8) is 0 Å². The molecule has 0 aromatic heterocycles. The highest BCUT2D eigenvalue weighted by Crippen LogP contribution is 2.37. The van der Waals surface area contributed by atoms with Gasteiger partial charge in [0.15, 0.2) is 0 Å². The Kier molecular flexibility index (Phi) is 5.39. The molecule has 11 heteroatoms. The monoisotopic (exact) mass is 465 g/mol. The minimum atomic E-state index is -4.63. The summed E-state index contributed by atoms with van der Waals surface area (Å²) in [7, 11) is -4.07. The predicted octanol–water partition coefficient (Wildman–Crippen LogP) is 4.50. The third kappa shape index (κ3) is 4.43. The maximum atomic E-state index is 13.3. The number of benzene rings is 3. The topological polar surface area (TPSA) is 87.3 Å². The van der Waals surface area contributed by atoms with Crippen molar-refractivity contribution in [2.75, 3.05) is 10.6 Å². The fourth-order valence-corrected chi connectivity index (χ4v) is 4.49. The largest absolute Gasteiger partial charge is 0.416 e. The molecule has 3 aromatic rings. The van der Waals surface area contributed by atoms with Crippen LogP contribution in [-0.2, 0) is 16.2 Å². The van der Waals surface area contributed by atoms with Gasteiger partial charge < -0.3 is 10.6 Å². The van der Waals surface area contributed by atoms with Crippen molar-refractivity contribution < 1.29 is 30.8 Å². The summed E-state index contributed by atoms with van der Waals surface area (Å²) in [5, 5.41) is 5.28. The lowest BCUT2D eigenvalue weighted by Gasteiger charge is -2.29. The summed E-state index contributed by atoms with van der Waals surface area (Å²) < 4.78 is 79.7. The number of carbonyl (C=O) groups is 1. The fourth-order valence-electron chi connectivity index (χ4n) is 3.20. The molecule has 0 fully saturated rings. The molecule has 1 aliphatic rings. The lowest BCUT2D eigenvalue weighted by atomic mass is 10.1. The van der Waals surface area contributed by atoms with Crippen LogP contribution in [0.25, 0.3) is 0 Å². The third-order valence-electron chi connectivity index (χ3n) is 4.76. The maximum Gasteiger partial charge on any atom is 0.416 e. The highest BCUT2D eigenvalue weighted by atomic mass is 32.2. The van der Waals surface area contributed by atoms with Crippen molar-refractivity contribution in [2.24, 2.45) is 0 Å². The second-order valence-electron chi connectivity index (χ2n) is 6.99. The average molecular weight is 465 g/mol. The molecule has 3 N–H and O–H groups in total. The molecule has 0 saturated carbocycles. The minimum Gasteiger partial charge on any atom is -0.364 e. The number of alkyl halides is 3. The van der Waals surface area contributed by atoms with Gasteiger partial charge in [-0.3, -0.25) is 4.79 Å². The molecule has 0 radical (unpaired) electrons. The Morgan fingerprint density at radius 3 is 2.34 bits per heavy atom. The number of hydrogen-bond donors (Lipinski definition) is 3. The second kappa shape index (κ2) is 7.92. The molecule has 0 saturated heterocycles. The van der Waals surface area contributed by atoms with E-state index in [1.807, 2.05) is 0 Å². The summed E-state index contributed by atoms with van der Waals surface area (Å²) in [6, 6.07) is 13.4. The first-order valence-corrected chi connectivity index (χ1v) is 10.7. The number of nitrogens with one attached hydrogen (secondary N) is 3. The molecule has 6 nitrogen and oxygen atoms in total. The first-order chi connectivity index (χ1) is 15.0. The Bertz CT molecular complexity index is 1290. The van der Waals surface area contributed by atoms with Gasteiger partial charge in [-0.05, 0) is 54.1 Å². The zero-order valence-corrected chi connectivity index (χ0v) is 16.9. The van der Waals surface area contributed by atoms with Crippen LogP contribution in [-0.4, -0.2) is 14.3 Å². The Balaban J connectivity index is 1.56. The normalized spacial score (nSPS) is 17.2. The number of carbonyl (C=O) groups excluding carboxylic acids is 1. The van der Waals surface area contributed by atoms with Crippen molar-refractivity contribution in [1.82, 2.24) is 4.72 Å². The zero-order chi connectivity index (χ0) is 23.1. The summed E-state index contributed by atoms with van der Waals surface area (Å²) in [5.74, 6) is -1.03. The van der Waals surface area contributed by atoms with Gasteiger partial charge in [0.2, 0.25) is 10.0 Å². The second-order valence-corrected chi connectivity index (χ2v) is 8.68. The number of hydrogen-bond acceptors (Lipinski definition) is 4. The van der Waals surface area contributed by atoms with Crippen LogP contribution in [0.1, 0.15) is 27.7 Å². The van der Waals surface area contributed by atoms with Crippen LogP contribution in [0.4, 0.5) is 28.9 Å². The van der Waals surface area contributed by atoms with Crippen molar-refractivity contribution in [3.05, 3.63) is 89.2 Å². The molecule has 0 bridgehead atoms. The molecule has 0 aliphatic carbocycles. The number of fused-ring (bicyclic) bond motifs is 1. The molecule has 3 aromatic carbocycles. The molecular formula is C21H15F4N3O3S. The smallest absolute Gasteiger partial charge is 0.364 e. The van der Waals surface area contributed by atoms with E-state index in [1.165, 1.54) is 42.5 Å². The first kappa shape index (κ1) is 21.8. The molecule has 32 heavy (non-hydrogen) atoms. The minimum absolute atomic E-state index is 0.184. The number of sulfonamides is 1. The number of halogens is 4. The predicted molar refractivity (Wildman–Crippen MR) is 109 cm³/mol. The van der Waals surface area contributed by atoms with Gasteiger partial charge in [0.1, 0.15) is 16.9 Å². The lowest BCUT2D eigenvalue weighted by molar-refractivity contribution is -0.137. The Morgan fingerprint density at radius 2 is 1.69 bits per heavy atom. The number of rotatable bonds is 3. The van der Waals surface area contributed by atoms with Gasteiger partial charge in [0, 0.05) is 11.3 Å². The van der Waals surface area contributed by atoms with Crippen LogP contribution < -0.4 is 15.4 Å². The van der Waals surface area contributed by atoms with Gasteiger partial charge in [-0.2, -0.15) is 17.9 Å². The van der Waals surface area contributed by atoms with E-state index in [4.69, 9.17) is 0 Å². The first-order valence-electron chi connectivity index (χ1n) is 9.20. The fraction of sp³-hybridized carbons (Fsp3) is 0.0952. The van der Waals surface area contributed by atoms with Crippen LogP contribution in [0, 0.1) is 5.82 Å². The Morgan fingerprint density at radius 1 is 0.969 bits per heavy atom. The van der Waals surface area contributed by atoms with Gasteiger partial charge in [0.25, 0.3) is 5.91 Å². The third-order valence-corrected chi connectivity index (χ3v) is 6.24. The summed E-state index contributed by atoms with van der Waals surface area (Å²) in [4.78, 5) is 12.0. The van der Waals surface area contributed by atoms with E-state index in [0.29, 0.717) is 11.6 Å². The summed E-state index contributed by atoms with van der Waals surface area (Å²) in [5.41, 5.74) is -0.311. The quantitative estimate of drug-likeness (QED) is 0.497. The van der Waals surface area contributed by atoms with E-state index in [1.54, 1.807) is 0 Å². The maximum absolute atomic E-state index is 13.3. The van der Waals surface area contributed by atoms with Crippen LogP contribution in [0.5, 0.6) is 0 Å². The molecule has 0 spiro atoms. The molecule has 1 atom stereocenters. The van der Waals surface area contributed by atoms with E-state index >= 15 is 0 Å². The lowest BCUT2D eigenvalue weighted by Crippen LogP contribution is -2.38. The number of amides is 1. The van der Waals surface area contributed by atoms with Crippen molar-refractivity contribution in [3.8, 4) is 0 Å². The average Bonchev–Trinajstić information content (AvgIpc) is 2.72. The van der Waals surface area contributed by atoms with Crippen LogP contribution in [0.3, 0.4) is 0 Å². The van der Waals surface area contributed by atoms with Crippen molar-refractivity contribution >= 4 is 27.3 Å². The van der Waals surface area contributed by atoms with E-state index in [-0.39, 0.29) is 21.8 Å². The molecular weight excluding hydrogens is 450 g/mol. The molecule has 0 unspecified atom stereocenters. The van der Waals surface area contributed by atoms with Gasteiger partial charge in [-0.25, -0.2) is 12.8 Å². The molecule has 4 rings (SSSR count). The Labute approximate surface area is 180 Å². The van der Waals surface area contributed by atoms with Crippen LogP contribution in [0.2, 0.25) is 0 Å². The van der Waals surface area contributed by atoms with Gasteiger partial charge in [0.05, 0.1) is 11.3 Å². The van der Waals surface area contributed by atoms with Crippen LogP contribution >= 0.6 is 0 Å². The summed E-state index contributed by atoms with van der Waals surface area (Å²) in [6.45, 7) is 0. The summed E-state index contributed by atoms with van der Waals surface area (Å²) >= 11 is 0. The number of anilines is 2. The molecule has 1 heterocycles. The highest BCUT2D eigenvalue weighted by molar-refractivity contribution is 7.89. The zero-order valence-electron chi connectivity index (χ0n) is 16.1. The van der Waals surface area contributed by atoms with E-state index in [9.17, 15) is 30.8 Å². The molecule has 1 aliphatic heterocycles. The van der Waals surface area contributed by atoms with Crippen molar-refractivity contribution in [2.45, 2.75) is 17.2 Å². The van der Waals surface area contributed by atoms with Crippen LogP contribution in [0.15, 0.2) is 71.6 Å². The van der Waals surface area contributed by atoms with E-state index in [0.717, 1.165) is 18.2 Å². The van der Waals surface area contributed by atoms with Crippen molar-refractivity contribution in [1.29, 1.82) is 0 Å². The van der Waals surface area contributed by atoms with E-state index in [2.05, 4.69) is 15.4 Å². The van der Waals surface area contributed by atoms with Gasteiger partial charge >= 0.3 is 6.18 Å². The van der Waals surface area contributed by atoms with Gasteiger partial charge in [-0.15, -0.1) is 0 Å². The molecule has 166 valence electrons. The van der Waals surface area contributed by atoms with Gasteiger partial charge in [-0.1, -0.05) is 18.2 Å². The Hall–Kier alpha value is -3.44. The SMILES string of the molecule is O=C(Nc1cccc(F)c1)c1ccc([C@H]2Nc3cc(C(F)(F)F)ccc3S(=O)(=O)N2)cc1. The molecule has 1 amide bonds.